The first-order chi connectivity index (χ1) is 16.9. The second kappa shape index (κ2) is 8.86. The quantitative estimate of drug-likeness (QED) is 0.361. The third kappa shape index (κ3) is 4.39. The van der Waals surface area contributed by atoms with Crippen molar-refractivity contribution < 1.29 is 18.3 Å². The minimum absolute atomic E-state index is 0.0345. The molecule has 0 aliphatic rings. The van der Waals surface area contributed by atoms with Gasteiger partial charge in [0.25, 0.3) is 11.5 Å². The molecule has 0 radical (unpaired) electrons. The minimum Gasteiger partial charge on any atom is -0.453 e. The molecule has 5 rings (SSSR count). The van der Waals surface area contributed by atoms with Crippen molar-refractivity contribution in [3.05, 3.63) is 112 Å². The molecule has 35 heavy (non-hydrogen) atoms. The van der Waals surface area contributed by atoms with Crippen LogP contribution in [0.2, 0.25) is 0 Å². The Morgan fingerprint density at radius 2 is 1.83 bits per heavy atom. The number of carbonyl (C=O) groups is 1. The maximum atomic E-state index is 14.8. The number of rotatable bonds is 5. The molecule has 3 aromatic heterocycles. The van der Waals surface area contributed by atoms with E-state index in [1.807, 2.05) is 13.0 Å². The van der Waals surface area contributed by atoms with Gasteiger partial charge in [-0.3, -0.25) is 14.2 Å². The molecule has 0 fully saturated rings. The van der Waals surface area contributed by atoms with E-state index in [0.29, 0.717) is 22.5 Å². The van der Waals surface area contributed by atoms with Crippen LogP contribution in [0.5, 0.6) is 11.5 Å². The lowest BCUT2D eigenvalue weighted by atomic mass is 10.2. The Kier molecular flexibility index (Phi) is 5.58. The summed E-state index contributed by atoms with van der Waals surface area (Å²) in [5, 5.41) is 3.24. The summed E-state index contributed by atoms with van der Waals surface area (Å²) >= 11 is 0. The average Bonchev–Trinajstić information content (AvgIpc) is 3.23. The maximum Gasteiger partial charge on any atom is 0.267 e. The van der Waals surface area contributed by atoms with Gasteiger partial charge >= 0.3 is 0 Å². The van der Waals surface area contributed by atoms with Crippen LogP contribution in [0.3, 0.4) is 0 Å². The summed E-state index contributed by atoms with van der Waals surface area (Å²) < 4.78 is 35.0. The summed E-state index contributed by atoms with van der Waals surface area (Å²) in [6.45, 7) is 1.88. The lowest BCUT2D eigenvalue weighted by molar-refractivity contribution is 0.102. The zero-order valence-electron chi connectivity index (χ0n) is 18.4. The Labute approximate surface area is 197 Å². The van der Waals surface area contributed by atoms with Crippen LogP contribution in [0.25, 0.3) is 16.7 Å². The van der Waals surface area contributed by atoms with E-state index in [-0.39, 0.29) is 17.0 Å². The molecular weight excluding hydrogens is 454 g/mol. The smallest absolute Gasteiger partial charge is 0.267 e. The van der Waals surface area contributed by atoms with Crippen LogP contribution in [0.4, 0.5) is 14.5 Å². The number of H-pyrrole nitrogens is 1. The van der Waals surface area contributed by atoms with Gasteiger partial charge in [0.05, 0.1) is 5.39 Å². The molecule has 0 aliphatic carbocycles. The van der Waals surface area contributed by atoms with E-state index >= 15 is 0 Å². The van der Waals surface area contributed by atoms with Crippen molar-refractivity contribution in [2.75, 3.05) is 5.32 Å². The zero-order chi connectivity index (χ0) is 24.5. The molecule has 1 amide bonds. The van der Waals surface area contributed by atoms with Crippen molar-refractivity contribution in [1.29, 1.82) is 0 Å². The van der Waals surface area contributed by atoms with Gasteiger partial charge in [-0.15, -0.1) is 0 Å². The van der Waals surface area contributed by atoms with Gasteiger partial charge < -0.3 is 15.0 Å². The molecule has 5 aromatic rings. The van der Waals surface area contributed by atoms with Crippen molar-refractivity contribution in [3.63, 3.8) is 0 Å². The highest BCUT2D eigenvalue weighted by molar-refractivity contribution is 6.04. The Morgan fingerprint density at radius 3 is 2.60 bits per heavy atom. The van der Waals surface area contributed by atoms with Crippen molar-refractivity contribution in [3.8, 4) is 17.2 Å². The van der Waals surface area contributed by atoms with Gasteiger partial charge in [-0.25, -0.2) is 13.8 Å². The molecule has 3 heterocycles. The molecule has 9 heteroatoms. The van der Waals surface area contributed by atoms with E-state index in [1.54, 1.807) is 12.3 Å². The molecular formula is C26H18F2N4O3. The molecule has 0 saturated heterocycles. The van der Waals surface area contributed by atoms with Gasteiger partial charge in [-0.1, -0.05) is 0 Å². The van der Waals surface area contributed by atoms with E-state index in [4.69, 9.17) is 4.74 Å². The Morgan fingerprint density at radius 1 is 1.03 bits per heavy atom. The Bertz CT molecular complexity index is 1620. The number of hydrogen-bond acceptors (Lipinski definition) is 4. The molecule has 2 aromatic carbocycles. The predicted molar refractivity (Wildman–Crippen MR) is 127 cm³/mol. The fraction of sp³-hybridized carbons (Fsp3) is 0.0385. The molecule has 174 valence electrons. The summed E-state index contributed by atoms with van der Waals surface area (Å²) in [5.41, 5.74) is 1.32. The fourth-order valence-electron chi connectivity index (χ4n) is 3.67. The Balaban J connectivity index is 1.37. The maximum absolute atomic E-state index is 14.8. The molecule has 0 unspecified atom stereocenters. The molecule has 0 saturated carbocycles. The first kappa shape index (κ1) is 22.0. The number of anilines is 1. The number of ether oxygens (including phenoxy) is 1. The number of nitrogens with zero attached hydrogens (tertiary/aromatic N) is 2. The normalized spacial score (nSPS) is 10.9. The lowest BCUT2D eigenvalue weighted by Crippen LogP contribution is -2.27. The molecule has 0 spiro atoms. The number of nitrogens with one attached hydrogen (secondary N) is 2. The van der Waals surface area contributed by atoms with E-state index in [2.05, 4.69) is 15.3 Å². The molecule has 0 bridgehead atoms. The van der Waals surface area contributed by atoms with E-state index < -0.39 is 23.1 Å². The van der Waals surface area contributed by atoms with Crippen LogP contribution in [-0.2, 0) is 0 Å². The summed E-state index contributed by atoms with van der Waals surface area (Å²) in [4.78, 5) is 32.9. The average molecular weight is 472 g/mol. The molecule has 2 N–H and O–H groups in total. The number of carbonyl (C=O) groups excluding carboxylic acids is 1. The number of benzene rings is 2. The third-order valence-corrected chi connectivity index (χ3v) is 5.33. The topological polar surface area (TPSA) is 89.0 Å². The monoisotopic (exact) mass is 472 g/mol. The first-order valence-electron chi connectivity index (χ1n) is 10.6. The van der Waals surface area contributed by atoms with E-state index in [1.165, 1.54) is 59.3 Å². The van der Waals surface area contributed by atoms with Crippen LogP contribution in [-0.4, -0.2) is 20.4 Å². The van der Waals surface area contributed by atoms with Crippen molar-refractivity contribution >= 4 is 22.6 Å². The van der Waals surface area contributed by atoms with Crippen molar-refractivity contribution in [1.82, 2.24) is 14.5 Å². The highest BCUT2D eigenvalue weighted by Crippen LogP contribution is 2.31. The van der Waals surface area contributed by atoms with Crippen LogP contribution in [0.15, 0.2) is 83.9 Å². The number of aryl methyl sites for hydroxylation is 1. The van der Waals surface area contributed by atoms with Gasteiger partial charge in [0.15, 0.2) is 11.6 Å². The van der Waals surface area contributed by atoms with Gasteiger partial charge in [-0.05, 0) is 67.6 Å². The number of aromatic nitrogens is 3. The first-order valence-corrected chi connectivity index (χ1v) is 10.6. The van der Waals surface area contributed by atoms with Crippen LogP contribution >= 0.6 is 0 Å². The number of pyridine rings is 2. The summed E-state index contributed by atoms with van der Waals surface area (Å²) in [6.07, 6.45) is 3.03. The van der Waals surface area contributed by atoms with E-state index in [0.717, 1.165) is 11.8 Å². The van der Waals surface area contributed by atoms with Gasteiger partial charge in [-0.2, -0.15) is 0 Å². The van der Waals surface area contributed by atoms with Gasteiger partial charge in [0.1, 0.15) is 22.8 Å². The standard InChI is InChI=1S/C26H18F2N4O3/c1-15-13-20-22(10-11-29-24(20)30-15)35-23-9-6-17(14-21(23)28)31-25(33)19-3-2-12-32(26(19)34)18-7-4-16(27)5-8-18/h2-14H,1H3,(H,29,30)(H,31,33). The summed E-state index contributed by atoms with van der Waals surface area (Å²) in [6, 6.07) is 15.6. The van der Waals surface area contributed by atoms with Crippen LogP contribution in [0, 0.1) is 18.6 Å². The number of aromatic amines is 1. The largest absolute Gasteiger partial charge is 0.453 e. The summed E-state index contributed by atoms with van der Waals surface area (Å²) in [7, 11) is 0. The number of halogens is 2. The van der Waals surface area contributed by atoms with E-state index in [9.17, 15) is 18.4 Å². The van der Waals surface area contributed by atoms with Gasteiger partial charge in [0.2, 0.25) is 0 Å². The van der Waals surface area contributed by atoms with Gasteiger partial charge in [0, 0.05) is 35.5 Å². The van der Waals surface area contributed by atoms with Crippen LogP contribution in [0.1, 0.15) is 16.1 Å². The van der Waals surface area contributed by atoms with Crippen molar-refractivity contribution in [2.45, 2.75) is 6.92 Å². The second-order valence-electron chi connectivity index (χ2n) is 7.80. The fourth-order valence-corrected chi connectivity index (χ4v) is 3.67. The number of hydrogen-bond donors (Lipinski definition) is 2. The SMILES string of the molecule is Cc1cc2c(Oc3ccc(NC(=O)c4cccn(-c5ccc(F)cc5)c4=O)cc3F)ccnc2[nH]1. The van der Waals surface area contributed by atoms with Crippen molar-refractivity contribution in [2.24, 2.45) is 0 Å². The zero-order valence-corrected chi connectivity index (χ0v) is 18.4. The third-order valence-electron chi connectivity index (χ3n) is 5.33. The molecule has 0 aliphatic heterocycles. The molecule has 0 atom stereocenters. The minimum atomic E-state index is -0.710. The summed E-state index contributed by atoms with van der Waals surface area (Å²) in [5.74, 6) is -1.45. The number of fused-ring (bicyclic) bond motifs is 1. The highest BCUT2D eigenvalue weighted by atomic mass is 19.1. The van der Waals surface area contributed by atoms with Crippen LogP contribution < -0.4 is 15.6 Å². The highest BCUT2D eigenvalue weighted by Gasteiger charge is 2.15. The Hall–Kier alpha value is -4.79. The number of amides is 1. The predicted octanol–water partition coefficient (Wildman–Crippen LogP) is 5.35. The lowest BCUT2D eigenvalue weighted by Gasteiger charge is -2.11. The second-order valence-corrected chi connectivity index (χ2v) is 7.80. The molecule has 7 nitrogen and oxygen atoms in total.